The molecule has 1 unspecified atom stereocenters. The van der Waals surface area contributed by atoms with Gasteiger partial charge in [0.1, 0.15) is 6.07 Å². The number of aliphatic hydroxyl groups is 1. The van der Waals surface area contributed by atoms with E-state index in [0.717, 1.165) is 0 Å². The van der Waals surface area contributed by atoms with Gasteiger partial charge < -0.3 is 10.4 Å². The molecule has 0 aliphatic carbocycles. The lowest BCUT2D eigenvalue weighted by Crippen LogP contribution is -2.14. The average molecular weight is 250 g/mol. The monoisotopic (exact) mass is 250 g/mol. The molecule has 1 aromatic rings. The number of pyridine rings is 1. The fourth-order valence-corrected chi connectivity index (χ4v) is 1.38. The number of hydrogen-bond donors (Lipinski definition) is 2. The maximum Gasteiger partial charge on any atom is 0.312 e. The van der Waals surface area contributed by atoms with E-state index in [1.807, 2.05) is 6.92 Å². The molecule has 1 rings (SSSR count). The van der Waals surface area contributed by atoms with E-state index in [-0.39, 0.29) is 29.6 Å². The summed E-state index contributed by atoms with van der Waals surface area (Å²) in [4.78, 5) is 14.1. The molecule has 2 N–H and O–H groups in total. The predicted molar refractivity (Wildman–Crippen MR) is 65.0 cm³/mol. The average Bonchev–Trinajstić information content (AvgIpc) is 2.36. The predicted octanol–water partition coefficient (Wildman–Crippen LogP) is 1.29. The molecule has 1 atom stereocenters. The second-order valence-electron chi connectivity index (χ2n) is 3.96. The lowest BCUT2D eigenvalue weighted by atomic mass is 10.1. The minimum Gasteiger partial charge on any atom is -0.396 e. The quantitative estimate of drug-likeness (QED) is 0.581. The Balaban J connectivity index is 2.82. The first-order valence-electron chi connectivity index (χ1n) is 5.47. The number of nitro groups is 1. The van der Waals surface area contributed by atoms with Crippen LogP contribution in [0.2, 0.25) is 0 Å². The van der Waals surface area contributed by atoms with Gasteiger partial charge in [-0.2, -0.15) is 5.26 Å². The van der Waals surface area contributed by atoms with Gasteiger partial charge in [-0.1, -0.05) is 6.92 Å². The van der Waals surface area contributed by atoms with Crippen LogP contribution in [-0.4, -0.2) is 28.2 Å². The Morgan fingerprint density at radius 1 is 1.72 bits per heavy atom. The van der Waals surface area contributed by atoms with Gasteiger partial charge in [-0.3, -0.25) is 10.1 Å². The van der Waals surface area contributed by atoms with Crippen molar-refractivity contribution in [2.24, 2.45) is 5.92 Å². The summed E-state index contributed by atoms with van der Waals surface area (Å²) >= 11 is 0. The highest BCUT2D eigenvalue weighted by atomic mass is 16.6. The third-order valence-electron chi connectivity index (χ3n) is 2.43. The first-order valence-corrected chi connectivity index (χ1v) is 5.47. The zero-order chi connectivity index (χ0) is 13.5. The second-order valence-corrected chi connectivity index (χ2v) is 3.96. The first kappa shape index (κ1) is 13.9. The maximum absolute atomic E-state index is 10.8. The van der Waals surface area contributed by atoms with Gasteiger partial charge in [-0.05, 0) is 12.3 Å². The van der Waals surface area contributed by atoms with E-state index in [9.17, 15) is 10.1 Å². The van der Waals surface area contributed by atoms with E-state index in [2.05, 4.69) is 10.3 Å². The van der Waals surface area contributed by atoms with Crippen molar-refractivity contribution in [2.45, 2.75) is 13.3 Å². The van der Waals surface area contributed by atoms with Gasteiger partial charge in [0.15, 0.2) is 0 Å². The van der Waals surface area contributed by atoms with Crippen LogP contribution >= 0.6 is 0 Å². The number of anilines is 1. The summed E-state index contributed by atoms with van der Waals surface area (Å²) < 4.78 is 0. The molecule has 18 heavy (non-hydrogen) atoms. The van der Waals surface area contributed by atoms with E-state index >= 15 is 0 Å². The zero-order valence-electron chi connectivity index (χ0n) is 9.96. The lowest BCUT2D eigenvalue weighted by molar-refractivity contribution is -0.384. The van der Waals surface area contributed by atoms with Crippen molar-refractivity contribution >= 4 is 11.5 Å². The minimum atomic E-state index is -0.577. The fraction of sp³-hybridized carbons (Fsp3) is 0.455. The Bertz CT molecular complexity index is 470. The molecular weight excluding hydrogens is 236 g/mol. The van der Waals surface area contributed by atoms with Gasteiger partial charge in [0.2, 0.25) is 5.82 Å². The number of aromatic nitrogens is 1. The van der Waals surface area contributed by atoms with Crippen LogP contribution in [0.1, 0.15) is 18.9 Å². The Labute approximate surface area is 104 Å². The third-order valence-corrected chi connectivity index (χ3v) is 2.43. The molecule has 0 aliphatic heterocycles. The summed E-state index contributed by atoms with van der Waals surface area (Å²) in [7, 11) is 0. The number of nitrogens with one attached hydrogen (secondary N) is 1. The molecule has 0 saturated carbocycles. The van der Waals surface area contributed by atoms with Gasteiger partial charge in [0.25, 0.3) is 0 Å². The molecule has 0 radical (unpaired) electrons. The molecule has 0 fully saturated rings. The van der Waals surface area contributed by atoms with Gasteiger partial charge in [-0.25, -0.2) is 4.98 Å². The van der Waals surface area contributed by atoms with Gasteiger partial charge in [-0.15, -0.1) is 0 Å². The van der Waals surface area contributed by atoms with E-state index in [4.69, 9.17) is 10.4 Å². The van der Waals surface area contributed by atoms with Crippen LogP contribution in [0.4, 0.5) is 11.5 Å². The molecule has 1 aromatic heterocycles. The van der Waals surface area contributed by atoms with Crippen LogP contribution in [0.3, 0.4) is 0 Å². The standard InChI is InChI=1S/C11H14N4O3/c1-8(2-3-16)6-13-11-10(15(17)18)4-9(5-12)7-14-11/h4,7-8,16H,2-3,6H2,1H3,(H,13,14). The van der Waals surface area contributed by atoms with Crippen LogP contribution < -0.4 is 5.32 Å². The molecule has 0 amide bonds. The zero-order valence-corrected chi connectivity index (χ0v) is 9.96. The van der Waals surface area contributed by atoms with Crippen molar-refractivity contribution in [1.29, 1.82) is 5.26 Å². The first-order chi connectivity index (χ1) is 8.58. The van der Waals surface area contributed by atoms with E-state index in [1.165, 1.54) is 12.3 Å². The van der Waals surface area contributed by atoms with Crippen molar-refractivity contribution in [3.05, 3.63) is 27.9 Å². The highest BCUT2D eigenvalue weighted by Gasteiger charge is 2.16. The number of aliphatic hydroxyl groups excluding tert-OH is 1. The molecular formula is C11H14N4O3. The summed E-state index contributed by atoms with van der Waals surface area (Å²) in [5, 5.41) is 31.1. The van der Waals surface area contributed by atoms with E-state index in [1.54, 1.807) is 6.07 Å². The van der Waals surface area contributed by atoms with Crippen molar-refractivity contribution in [1.82, 2.24) is 4.98 Å². The van der Waals surface area contributed by atoms with Crippen molar-refractivity contribution < 1.29 is 10.0 Å². The van der Waals surface area contributed by atoms with E-state index < -0.39 is 4.92 Å². The van der Waals surface area contributed by atoms with Crippen molar-refractivity contribution in [3.8, 4) is 6.07 Å². The molecule has 0 bridgehead atoms. The smallest absolute Gasteiger partial charge is 0.312 e. The maximum atomic E-state index is 10.8. The number of rotatable bonds is 6. The minimum absolute atomic E-state index is 0.0751. The lowest BCUT2D eigenvalue weighted by Gasteiger charge is -2.11. The highest BCUT2D eigenvalue weighted by Crippen LogP contribution is 2.22. The Morgan fingerprint density at radius 2 is 2.44 bits per heavy atom. The number of nitrogens with zero attached hydrogens (tertiary/aromatic N) is 3. The highest BCUT2D eigenvalue weighted by molar-refractivity contribution is 5.58. The summed E-state index contributed by atoms with van der Waals surface area (Å²) in [6.07, 6.45) is 1.89. The third kappa shape index (κ3) is 3.68. The molecule has 96 valence electrons. The molecule has 0 spiro atoms. The van der Waals surface area contributed by atoms with Gasteiger partial charge >= 0.3 is 5.69 Å². The summed E-state index contributed by atoms with van der Waals surface area (Å²) in [6.45, 7) is 2.46. The normalized spacial score (nSPS) is 11.6. The van der Waals surface area contributed by atoms with Gasteiger partial charge in [0, 0.05) is 25.4 Å². The number of hydrogen-bond acceptors (Lipinski definition) is 6. The summed E-state index contributed by atoms with van der Waals surface area (Å²) in [5.41, 5.74) is -0.0686. The molecule has 7 nitrogen and oxygen atoms in total. The summed E-state index contributed by atoms with van der Waals surface area (Å²) in [6, 6.07) is 2.99. The van der Waals surface area contributed by atoms with Crippen LogP contribution in [0.5, 0.6) is 0 Å². The molecule has 7 heteroatoms. The Kier molecular flexibility index (Phi) is 5.02. The molecule has 0 aliphatic rings. The van der Waals surface area contributed by atoms with E-state index in [0.29, 0.717) is 13.0 Å². The topological polar surface area (TPSA) is 112 Å². The second kappa shape index (κ2) is 6.51. The molecule has 1 heterocycles. The molecule has 0 saturated heterocycles. The number of nitriles is 1. The van der Waals surface area contributed by atoms with Crippen molar-refractivity contribution in [2.75, 3.05) is 18.5 Å². The van der Waals surface area contributed by atoms with Crippen LogP contribution in [-0.2, 0) is 0 Å². The fourth-order valence-electron chi connectivity index (χ4n) is 1.38. The SMILES string of the molecule is CC(CCO)CNc1ncc(C#N)cc1[N+](=O)[O-]. The Hall–Kier alpha value is -2.20. The van der Waals surface area contributed by atoms with Crippen LogP contribution in [0, 0.1) is 27.4 Å². The van der Waals surface area contributed by atoms with Gasteiger partial charge in [0.05, 0.1) is 10.5 Å². The van der Waals surface area contributed by atoms with Crippen molar-refractivity contribution in [3.63, 3.8) is 0 Å². The summed E-state index contributed by atoms with van der Waals surface area (Å²) in [5.74, 6) is 0.316. The largest absolute Gasteiger partial charge is 0.396 e. The van der Waals surface area contributed by atoms with Crippen LogP contribution in [0.15, 0.2) is 12.3 Å². The molecule has 0 aromatic carbocycles. The van der Waals surface area contributed by atoms with Crippen LogP contribution in [0.25, 0.3) is 0 Å². The Morgan fingerprint density at radius 3 is 3.00 bits per heavy atom.